The first-order chi connectivity index (χ1) is 9.51. The van der Waals surface area contributed by atoms with Crippen LogP contribution in [0.4, 0.5) is 0 Å². The quantitative estimate of drug-likeness (QED) is 0.637. The molecular weight excluding hydrogens is 468 g/mol. The summed E-state index contributed by atoms with van der Waals surface area (Å²) >= 11 is 12.3. The predicted molar refractivity (Wildman–Crippen MR) is 97.1 cm³/mol. The normalized spacial score (nSPS) is 12.9. The first kappa shape index (κ1) is 16.6. The number of nitrogens with zero attached hydrogens (tertiary/aromatic N) is 1. The van der Waals surface area contributed by atoms with Crippen molar-refractivity contribution in [3.63, 3.8) is 0 Å². The summed E-state index contributed by atoms with van der Waals surface area (Å²) in [7, 11) is 2.11. The molecule has 0 amide bonds. The van der Waals surface area contributed by atoms with E-state index in [1.165, 1.54) is 10.4 Å². The van der Waals surface area contributed by atoms with Crippen LogP contribution in [-0.2, 0) is 6.54 Å². The van der Waals surface area contributed by atoms with E-state index in [-0.39, 0.29) is 6.04 Å². The molecule has 0 radical (unpaired) electrons. The van der Waals surface area contributed by atoms with Gasteiger partial charge in [0.25, 0.3) is 0 Å². The summed E-state index contributed by atoms with van der Waals surface area (Å²) < 4.78 is 3.31. The summed E-state index contributed by atoms with van der Waals surface area (Å²) in [6.07, 6.45) is 0. The Balaban J connectivity index is 2.12. The molecule has 1 unspecified atom stereocenters. The lowest BCUT2D eigenvalue weighted by Crippen LogP contribution is -2.29. The molecule has 0 fully saturated rings. The van der Waals surface area contributed by atoms with Crippen LogP contribution in [0.25, 0.3) is 0 Å². The monoisotopic (exact) mass is 480 g/mol. The number of nitrogens with two attached hydrogens (primary N) is 1. The van der Waals surface area contributed by atoms with Crippen LogP contribution in [0.5, 0.6) is 0 Å². The van der Waals surface area contributed by atoms with E-state index in [4.69, 9.17) is 5.73 Å². The molecule has 1 aromatic carbocycles. The smallest absolute Gasteiger partial charge is 0.0843 e. The Bertz CT molecular complexity index is 549. The molecule has 2 aromatic rings. The second-order valence-corrected chi connectivity index (χ2v) is 8.74. The summed E-state index contributed by atoms with van der Waals surface area (Å²) in [5.41, 5.74) is 7.25. The van der Waals surface area contributed by atoms with Gasteiger partial charge in [-0.1, -0.05) is 28.1 Å². The first-order valence-corrected chi connectivity index (χ1v) is 9.30. The molecule has 0 aliphatic rings. The second-order valence-electron chi connectivity index (χ2n) is 4.56. The van der Waals surface area contributed by atoms with Crippen molar-refractivity contribution in [3.8, 4) is 0 Å². The van der Waals surface area contributed by atoms with Crippen LogP contribution in [0, 0.1) is 0 Å². The zero-order valence-corrected chi connectivity index (χ0v) is 16.5. The predicted octanol–water partition coefficient (Wildman–Crippen LogP) is 5.17. The molecule has 1 aromatic heterocycles. The number of halogens is 3. The van der Waals surface area contributed by atoms with E-state index in [1.54, 1.807) is 11.3 Å². The van der Waals surface area contributed by atoms with Gasteiger partial charge in [-0.15, -0.1) is 11.3 Å². The minimum atomic E-state index is 0.228. The van der Waals surface area contributed by atoms with Crippen molar-refractivity contribution in [1.29, 1.82) is 0 Å². The largest absolute Gasteiger partial charge is 0.329 e. The maximum Gasteiger partial charge on any atom is 0.0843 e. The number of rotatable bonds is 5. The fourth-order valence-corrected chi connectivity index (χ4v) is 4.56. The van der Waals surface area contributed by atoms with E-state index in [1.807, 2.05) is 0 Å². The van der Waals surface area contributed by atoms with Gasteiger partial charge in [0, 0.05) is 26.9 Å². The van der Waals surface area contributed by atoms with Gasteiger partial charge in [0.2, 0.25) is 0 Å². The third-order valence-electron chi connectivity index (χ3n) is 3.09. The molecule has 2 nitrogen and oxygen atoms in total. The summed E-state index contributed by atoms with van der Waals surface area (Å²) in [6, 6.07) is 10.8. The van der Waals surface area contributed by atoms with Crippen LogP contribution in [0.3, 0.4) is 0 Å². The van der Waals surface area contributed by atoms with Gasteiger partial charge in [0.15, 0.2) is 0 Å². The fourth-order valence-electron chi connectivity index (χ4n) is 2.03. The van der Waals surface area contributed by atoms with Crippen molar-refractivity contribution >= 4 is 59.1 Å². The molecule has 0 saturated carbocycles. The lowest BCUT2D eigenvalue weighted by atomic mass is 10.1. The van der Waals surface area contributed by atoms with Crippen molar-refractivity contribution in [3.05, 3.63) is 53.5 Å². The van der Waals surface area contributed by atoms with Gasteiger partial charge in [-0.25, -0.2) is 0 Å². The van der Waals surface area contributed by atoms with Gasteiger partial charge in [-0.3, -0.25) is 4.90 Å². The highest BCUT2D eigenvalue weighted by Gasteiger charge is 2.19. The van der Waals surface area contributed by atoms with Gasteiger partial charge in [0.05, 0.1) is 9.83 Å². The van der Waals surface area contributed by atoms with E-state index in [0.29, 0.717) is 6.54 Å². The third-order valence-corrected chi connectivity index (χ3v) is 6.98. The third kappa shape index (κ3) is 4.15. The van der Waals surface area contributed by atoms with Gasteiger partial charge in [0.1, 0.15) is 0 Å². The average molecular weight is 483 g/mol. The molecule has 0 spiro atoms. The molecule has 0 aliphatic heterocycles. The molecule has 2 N–H and O–H groups in total. The van der Waals surface area contributed by atoms with E-state index in [2.05, 4.69) is 90.1 Å². The number of benzene rings is 1. The van der Waals surface area contributed by atoms with Crippen molar-refractivity contribution in [2.45, 2.75) is 12.6 Å². The minimum Gasteiger partial charge on any atom is -0.329 e. The zero-order chi connectivity index (χ0) is 14.7. The van der Waals surface area contributed by atoms with Crippen LogP contribution in [0.15, 0.2) is 43.1 Å². The fraction of sp³-hybridized carbons (Fsp3) is 0.286. The Morgan fingerprint density at radius 1 is 1.20 bits per heavy atom. The van der Waals surface area contributed by atoms with Crippen molar-refractivity contribution in [2.75, 3.05) is 13.6 Å². The summed E-state index contributed by atoms with van der Waals surface area (Å²) in [5.74, 6) is 0. The molecule has 108 valence electrons. The molecule has 20 heavy (non-hydrogen) atoms. The Morgan fingerprint density at radius 3 is 2.35 bits per heavy atom. The molecule has 1 atom stereocenters. The van der Waals surface area contributed by atoms with Crippen LogP contribution in [-0.4, -0.2) is 18.5 Å². The highest BCUT2D eigenvalue weighted by molar-refractivity contribution is 9.13. The topological polar surface area (TPSA) is 29.3 Å². The molecular formula is C14H15Br3N2S. The standard InChI is InChI=1S/C14H15Br3N2S/c1-19(8-9-2-4-10(15)5-3-9)12(7-18)13-6-11(16)14(17)20-13/h2-6,12H,7-8,18H2,1H3. The number of hydrogen-bond acceptors (Lipinski definition) is 3. The number of likely N-dealkylation sites (N-methyl/N-ethyl adjacent to an activating group) is 1. The van der Waals surface area contributed by atoms with Gasteiger partial charge < -0.3 is 5.73 Å². The summed E-state index contributed by atoms with van der Waals surface area (Å²) in [5, 5.41) is 0. The Kier molecular flexibility index (Phi) is 6.25. The molecule has 2 rings (SSSR count). The molecule has 0 saturated heterocycles. The number of thiophene rings is 1. The average Bonchev–Trinajstić information content (AvgIpc) is 2.73. The van der Waals surface area contributed by atoms with Crippen molar-refractivity contribution in [2.24, 2.45) is 5.73 Å². The van der Waals surface area contributed by atoms with Crippen LogP contribution >= 0.6 is 59.1 Å². The zero-order valence-electron chi connectivity index (χ0n) is 10.9. The van der Waals surface area contributed by atoms with Crippen LogP contribution in [0.2, 0.25) is 0 Å². The van der Waals surface area contributed by atoms with E-state index in [0.717, 1.165) is 19.3 Å². The maximum atomic E-state index is 5.97. The van der Waals surface area contributed by atoms with Crippen LogP contribution < -0.4 is 5.73 Å². The van der Waals surface area contributed by atoms with Crippen molar-refractivity contribution in [1.82, 2.24) is 4.90 Å². The van der Waals surface area contributed by atoms with E-state index in [9.17, 15) is 0 Å². The lowest BCUT2D eigenvalue weighted by molar-refractivity contribution is 0.245. The minimum absolute atomic E-state index is 0.228. The Labute approximate surface area is 148 Å². The van der Waals surface area contributed by atoms with E-state index >= 15 is 0 Å². The SMILES string of the molecule is CN(Cc1ccc(Br)cc1)C(CN)c1cc(Br)c(Br)s1. The highest BCUT2D eigenvalue weighted by atomic mass is 79.9. The Morgan fingerprint density at radius 2 is 1.85 bits per heavy atom. The second kappa shape index (κ2) is 7.51. The molecule has 6 heteroatoms. The molecule has 1 heterocycles. The maximum absolute atomic E-state index is 5.97. The summed E-state index contributed by atoms with van der Waals surface area (Å²) in [4.78, 5) is 3.55. The van der Waals surface area contributed by atoms with Crippen molar-refractivity contribution < 1.29 is 0 Å². The summed E-state index contributed by atoms with van der Waals surface area (Å²) in [6.45, 7) is 1.48. The highest BCUT2D eigenvalue weighted by Crippen LogP contribution is 2.37. The van der Waals surface area contributed by atoms with Crippen LogP contribution in [0.1, 0.15) is 16.5 Å². The Hall–Kier alpha value is 0.280. The van der Waals surface area contributed by atoms with Gasteiger partial charge >= 0.3 is 0 Å². The molecule has 0 aliphatic carbocycles. The van der Waals surface area contributed by atoms with Gasteiger partial charge in [-0.05, 0) is 62.7 Å². The lowest BCUT2D eigenvalue weighted by Gasteiger charge is -2.26. The molecule has 0 bridgehead atoms. The van der Waals surface area contributed by atoms with Gasteiger partial charge in [-0.2, -0.15) is 0 Å². The first-order valence-electron chi connectivity index (χ1n) is 6.10. The van der Waals surface area contributed by atoms with E-state index < -0.39 is 0 Å². The number of hydrogen-bond donors (Lipinski definition) is 1.